The monoisotopic (exact) mass is 224 g/mol. The van der Waals surface area contributed by atoms with Crippen molar-refractivity contribution in [2.24, 2.45) is 5.92 Å². The Bertz CT molecular complexity index is 311. The van der Waals surface area contributed by atoms with Gasteiger partial charge in [-0.05, 0) is 12.8 Å². The van der Waals surface area contributed by atoms with Crippen molar-refractivity contribution in [3.05, 3.63) is 0 Å². The van der Waals surface area contributed by atoms with Gasteiger partial charge in [-0.15, -0.1) is 3.89 Å². The van der Waals surface area contributed by atoms with Crippen LogP contribution in [0.3, 0.4) is 0 Å². The molecule has 0 heterocycles. The van der Waals surface area contributed by atoms with Crippen molar-refractivity contribution in [2.75, 3.05) is 7.11 Å². The van der Waals surface area contributed by atoms with Crippen LogP contribution in [0.5, 0.6) is 0 Å². The number of hydrogen-bond acceptors (Lipinski definition) is 4. The second kappa shape index (κ2) is 4.25. The lowest BCUT2D eigenvalue weighted by Gasteiger charge is -2.25. The largest absolute Gasteiger partial charge is 0.469 e. The van der Waals surface area contributed by atoms with Gasteiger partial charge in [-0.3, -0.25) is 4.79 Å². The topological polar surface area (TPSA) is 60.4 Å². The first-order valence-electron chi connectivity index (χ1n) is 4.48. The maximum Gasteiger partial charge on any atom is 0.310 e. The third kappa shape index (κ3) is 2.43. The van der Waals surface area contributed by atoms with Gasteiger partial charge in [-0.2, -0.15) is 8.42 Å². The molecule has 0 radical (unpaired) electrons. The van der Waals surface area contributed by atoms with E-state index in [0.29, 0.717) is 12.8 Å². The number of carbonyl (C=O) groups is 1. The Hall–Kier alpha value is -0.650. The average molecular weight is 224 g/mol. The number of ether oxygens (including phenoxy) is 1. The maximum absolute atomic E-state index is 12.8. The minimum atomic E-state index is -4.63. The molecule has 0 aliphatic heterocycles. The summed E-state index contributed by atoms with van der Waals surface area (Å²) in [5.74, 6) is -1.46. The van der Waals surface area contributed by atoms with Crippen molar-refractivity contribution in [1.29, 1.82) is 0 Å². The zero-order valence-electron chi connectivity index (χ0n) is 7.90. The van der Waals surface area contributed by atoms with Crippen LogP contribution in [0.15, 0.2) is 0 Å². The highest BCUT2D eigenvalue weighted by Gasteiger charge is 2.40. The van der Waals surface area contributed by atoms with E-state index in [9.17, 15) is 17.1 Å². The lowest BCUT2D eigenvalue weighted by atomic mass is 9.89. The molecule has 6 heteroatoms. The van der Waals surface area contributed by atoms with E-state index in [1.54, 1.807) is 0 Å². The second-order valence-corrected chi connectivity index (χ2v) is 4.98. The molecule has 4 nitrogen and oxygen atoms in total. The second-order valence-electron chi connectivity index (χ2n) is 3.43. The Morgan fingerprint density at radius 2 is 1.93 bits per heavy atom. The van der Waals surface area contributed by atoms with E-state index in [4.69, 9.17) is 0 Å². The Balaban J connectivity index is 2.85. The van der Waals surface area contributed by atoms with Crippen molar-refractivity contribution in [3.63, 3.8) is 0 Å². The number of esters is 1. The van der Waals surface area contributed by atoms with Crippen LogP contribution in [-0.2, 0) is 19.8 Å². The molecule has 0 aromatic carbocycles. The number of hydrogen-bond donors (Lipinski definition) is 0. The minimum absolute atomic E-state index is 0.207. The molecule has 1 aliphatic carbocycles. The summed E-state index contributed by atoms with van der Waals surface area (Å²) in [5.41, 5.74) is 0. The van der Waals surface area contributed by atoms with E-state index < -0.39 is 27.4 Å². The fourth-order valence-electron chi connectivity index (χ4n) is 1.85. The number of methoxy groups -OCH3 is 1. The van der Waals surface area contributed by atoms with E-state index in [1.165, 1.54) is 7.11 Å². The van der Waals surface area contributed by atoms with E-state index >= 15 is 0 Å². The van der Waals surface area contributed by atoms with Gasteiger partial charge < -0.3 is 4.74 Å². The molecule has 0 unspecified atom stereocenters. The van der Waals surface area contributed by atoms with Crippen molar-refractivity contribution >= 4 is 16.2 Å². The van der Waals surface area contributed by atoms with Gasteiger partial charge in [0.2, 0.25) is 0 Å². The molecule has 0 saturated heterocycles. The molecule has 1 rings (SSSR count). The number of halogens is 1. The predicted octanol–water partition coefficient (Wildman–Crippen LogP) is 1.02. The summed E-state index contributed by atoms with van der Waals surface area (Å²) in [7, 11) is -3.45. The van der Waals surface area contributed by atoms with E-state index in [0.717, 1.165) is 6.42 Å². The van der Waals surface area contributed by atoms with Gasteiger partial charge in [0.1, 0.15) is 5.25 Å². The molecule has 14 heavy (non-hydrogen) atoms. The number of carbonyl (C=O) groups excluding carboxylic acids is 1. The van der Waals surface area contributed by atoms with Gasteiger partial charge in [0.05, 0.1) is 13.0 Å². The first kappa shape index (κ1) is 11.4. The Morgan fingerprint density at radius 3 is 2.43 bits per heavy atom. The molecule has 0 aromatic heterocycles. The van der Waals surface area contributed by atoms with Gasteiger partial charge in [0.25, 0.3) is 0 Å². The van der Waals surface area contributed by atoms with Crippen LogP contribution >= 0.6 is 0 Å². The smallest absolute Gasteiger partial charge is 0.310 e. The van der Waals surface area contributed by atoms with Crippen LogP contribution in [0.4, 0.5) is 3.89 Å². The summed E-state index contributed by atoms with van der Waals surface area (Å²) < 4.78 is 38.7. The van der Waals surface area contributed by atoms with E-state index in [1.807, 2.05) is 0 Å². The van der Waals surface area contributed by atoms with Crippen LogP contribution in [0, 0.1) is 5.92 Å². The molecule has 1 saturated carbocycles. The third-order valence-electron chi connectivity index (χ3n) is 2.57. The zero-order valence-corrected chi connectivity index (χ0v) is 8.72. The molecule has 0 bridgehead atoms. The highest BCUT2D eigenvalue weighted by atomic mass is 32.3. The summed E-state index contributed by atoms with van der Waals surface area (Å²) in [6.07, 6.45) is 1.98. The van der Waals surface area contributed by atoms with Crippen molar-refractivity contribution in [3.8, 4) is 0 Å². The molecule has 82 valence electrons. The van der Waals surface area contributed by atoms with Gasteiger partial charge in [0.15, 0.2) is 0 Å². The summed E-state index contributed by atoms with van der Waals surface area (Å²) in [4.78, 5) is 11.2. The average Bonchev–Trinajstić information content (AvgIpc) is 2.15. The summed E-state index contributed by atoms with van der Waals surface area (Å²) in [5, 5.41) is -1.20. The lowest BCUT2D eigenvalue weighted by Crippen LogP contribution is -2.36. The Labute approximate surface area is 82.6 Å². The van der Waals surface area contributed by atoms with Crippen molar-refractivity contribution in [1.82, 2.24) is 0 Å². The summed E-state index contributed by atoms with van der Waals surface area (Å²) in [6, 6.07) is 0. The van der Waals surface area contributed by atoms with Crippen LogP contribution < -0.4 is 0 Å². The fraction of sp³-hybridized carbons (Fsp3) is 0.875. The molecular weight excluding hydrogens is 211 g/mol. The highest BCUT2D eigenvalue weighted by molar-refractivity contribution is 7.87. The highest BCUT2D eigenvalue weighted by Crippen LogP contribution is 2.31. The molecule has 0 aromatic rings. The van der Waals surface area contributed by atoms with E-state index in [2.05, 4.69) is 4.74 Å². The van der Waals surface area contributed by atoms with Crippen LogP contribution in [-0.4, -0.2) is 26.7 Å². The number of rotatable bonds is 2. The first-order valence-corrected chi connectivity index (χ1v) is 5.93. The molecular formula is C8H13FO4S. The van der Waals surface area contributed by atoms with Gasteiger partial charge >= 0.3 is 16.2 Å². The third-order valence-corrected chi connectivity index (χ3v) is 3.86. The molecule has 2 atom stereocenters. The lowest BCUT2D eigenvalue weighted by molar-refractivity contribution is -0.146. The molecule has 1 aliphatic rings. The van der Waals surface area contributed by atoms with Crippen LogP contribution in [0.2, 0.25) is 0 Å². The SMILES string of the molecule is COC(=O)[C@@H]1CCCC[C@H]1S(=O)(=O)F. The Kier molecular flexibility index (Phi) is 3.47. The summed E-state index contributed by atoms with van der Waals surface area (Å²) in [6.45, 7) is 0. The predicted molar refractivity (Wildman–Crippen MR) is 47.8 cm³/mol. The van der Waals surface area contributed by atoms with Crippen LogP contribution in [0.25, 0.3) is 0 Å². The molecule has 1 fully saturated rings. The summed E-state index contributed by atoms with van der Waals surface area (Å²) >= 11 is 0. The quantitative estimate of drug-likeness (QED) is 0.519. The van der Waals surface area contributed by atoms with Crippen LogP contribution in [0.1, 0.15) is 25.7 Å². The molecule has 0 amide bonds. The normalized spacial score (nSPS) is 28.4. The van der Waals surface area contributed by atoms with Crippen molar-refractivity contribution in [2.45, 2.75) is 30.9 Å². The van der Waals surface area contributed by atoms with E-state index in [-0.39, 0.29) is 6.42 Å². The van der Waals surface area contributed by atoms with Gasteiger partial charge in [-0.25, -0.2) is 0 Å². The van der Waals surface area contributed by atoms with Gasteiger partial charge in [0, 0.05) is 0 Å². The molecule has 0 spiro atoms. The Morgan fingerprint density at radius 1 is 1.36 bits per heavy atom. The molecule has 0 N–H and O–H groups in total. The van der Waals surface area contributed by atoms with Gasteiger partial charge in [-0.1, -0.05) is 12.8 Å². The first-order chi connectivity index (χ1) is 6.46. The fourth-order valence-corrected chi connectivity index (χ4v) is 2.94. The van der Waals surface area contributed by atoms with Crippen molar-refractivity contribution < 1.29 is 21.8 Å². The maximum atomic E-state index is 12.8. The standard InChI is InChI=1S/C8H13FO4S/c1-13-8(10)6-4-2-3-5-7(6)14(9,11)12/h6-7H,2-5H2,1H3/t6-,7-/m1/s1. The zero-order chi connectivity index (χ0) is 10.8. The minimum Gasteiger partial charge on any atom is -0.469 e.